The minimum Gasteiger partial charge on any atom is -0.285 e. The molecule has 0 bridgehead atoms. The summed E-state index contributed by atoms with van der Waals surface area (Å²) in [6.45, 7) is 0. The standard InChI is InChI=1S/C17H22N6/c1-22(2)20-18-16-11-7-5-9-14(16)13-15-10-6-8-12-17(15)19-21-23(3)4/h5-12H,13H2,1-4H3. The molecule has 0 amide bonds. The van der Waals surface area contributed by atoms with E-state index in [1.165, 1.54) is 0 Å². The van der Waals surface area contributed by atoms with Gasteiger partial charge in [0.1, 0.15) is 0 Å². The first-order chi connectivity index (χ1) is 11.1. The Morgan fingerprint density at radius 2 is 1.04 bits per heavy atom. The van der Waals surface area contributed by atoms with Crippen LogP contribution in [0.2, 0.25) is 0 Å². The number of nitrogens with zero attached hydrogens (tertiary/aromatic N) is 6. The highest BCUT2D eigenvalue weighted by Gasteiger charge is 2.06. The SMILES string of the molecule is CN(C)N=Nc1ccccc1Cc1ccccc1N=NN(C)C. The van der Waals surface area contributed by atoms with Crippen molar-refractivity contribution < 1.29 is 0 Å². The number of benzene rings is 2. The molecule has 0 aliphatic rings. The fourth-order valence-electron chi connectivity index (χ4n) is 2.00. The Morgan fingerprint density at radius 3 is 1.43 bits per heavy atom. The molecule has 0 unspecified atom stereocenters. The van der Waals surface area contributed by atoms with Gasteiger partial charge in [-0.2, -0.15) is 0 Å². The van der Waals surface area contributed by atoms with Gasteiger partial charge in [0.2, 0.25) is 0 Å². The second-order valence-corrected chi connectivity index (χ2v) is 5.51. The van der Waals surface area contributed by atoms with Gasteiger partial charge in [0, 0.05) is 34.6 Å². The maximum atomic E-state index is 4.29. The highest BCUT2D eigenvalue weighted by molar-refractivity contribution is 5.52. The normalized spacial score (nSPS) is 11.3. The molecule has 0 heterocycles. The Kier molecular flexibility index (Phi) is 5.80. The molecular formula is C17H22N6. The minimum absolute atomic E-state index is 0.727. The lowest BCUT2D eigenvalue weighted by molar-refractivity contribution is 0.408. The van der Waals surface area contributed by atoms with Gasteiger partial charge in [-0.25, -0.2) is 0 Å². The molecule has 0 atom stereocenters. The van der Waals surface area contributed by atoms with Gasteiger partial charge in [-0.1, -0.05) is 46.8 Å². The van der Waals surface area contributed by atoms with Gasteiger partial charge >= 0.3 is 0 Å². The summed E-state index contributed by atoms with van der Waals surface area (Å²) < 4.78 is 0. The third kappa shape index (κ3) is 5.18. The molecule has 0 fully saturated rings. The summed E-state index contributed by atoms with van der Waals surface area (Å²) in [4.78, 5) is 0. The van der Waals surface area contributed by atoms with E-state index in [0.717, 1.165) is 28.9 Å². The molecule has 0 N–H and O–H groups in total. The monoisotopic (exact) mass is 310 g/mol. The van der Waals surface area contributed by atoms with Crippen molar-refractivity contribution in [1.82, 2.24) is 10.0 Å². The van der Waals surface area contributed by atoms with Crippen LogP contribution in [0.3, 0.4) is 0 Å². The van der Waals surface area contributed by atoms with Crippen molar-refractivity contribution in [2.45, 2.75) is 6.42 Å². The predicted molar refractivity (Wildman–Crippen MR) is 92.1 cm³/mol. The van der Waals surface area contributed by atoms with E-state index in [0.29, 0.717) is 0 Å². The molecule has 0 aliphatic heterocycles. The first-order valence-electron chi connectivity index (χ1n) is 7.40. The van der Waals surface area contributed by atoms with E-state index < -0.39 is 0 Å². The van der Waals surface area contributed by atoms with Gasteiger partial charge in [-0.3, -0.25) is 10.0 Å². The Hall–Kier alpha value is -2.76. The predicted octanol–water partition coefficient (Wildman–Crippen LogP) is 4.40. The molecule has 2 aromatic rings. The second kappa shape index (κ2) is 8.03. The van der Waals surface area contributed by atoms with Crippen molar-refractivity contribution >= 4 is 11.4 Å². The zero-order valence-electron chi connectivity index (χ0n) is 14.0. The molecule has 23 heavy (non-hydrogen) atoms. The van der Waals surface area contributed by atoms with Crippen LogP contribution in [-0.2, 0) is 6.42 Å². The first kappa shape index (κ1) is 16.6. The van der Waals surface area contributed by atoms with Crippen LogP contribution in [0, 0.1) is 0 Å². The Balaban J connectivity index is 2.30. The van der Waals surface area contributed by atoms with Crippen molar-refractivity contribution in [2.75, 3.05) is 28.2 Å². The van der Waals surface area contributed by atoms with Crippen LogP contribution < -0.4 is 0 Å². The minimum atomic E-state index is 0.727. The molecule has 2 aromatic carbocycles. The molecule has 2 rings (SSSR count). The van der Waals surface area contributed by atoms with Gasteiger partial charge in [0.15, 0.2) is 0 Å². The molecule has 120 valence electrons. The molecular weight excluding hydrogens is 288 g/mol. The lowest BCUT2D eigenvalue weighted by Crippen LogP contribution is -1.99. The summed E-state index contributed by atoms with van der Waals surface area (Å²) >= 11 is 0. The number of hydrogen-bond acceptors (Lipinski definition) is 4. The van der Waals surface area contributed by atoms with Gasteiger partial charge in [-0.15, -0.1) is 10.2 Å². The summed E-state index contributed by atoms with van der Waals surface area (Å²) in [7, 11) is 7.40. The highest BCUT2D eigenvalue weighted by atomic mass is 15.5. The Labute approximate surface area is 137 Å². The van der Waals surface area contributed by atoms with E-state index in [-0.39, 0.29) is 0 Å². The van der Waals surface area contributed by atoms with E-state index in [9.17, 15) is 0 Å². The lowest BCUT2D eigenvalue weighted by Gasteiger charge is -2.09. The van der Waals surface area contributed by atoms with E-state index >= 15 is 0 Å². The topological polar surface area (TPSA) is 55.9 Å². The summed E-state index contributed by atoms with van der Waals surface area (Å²) in [6, 6.07) is 16.0. The van der Waals surface area contributed by atoms with Crippen LogP contribution in [0.5, 0.6) is 0 Å². The second-order valence-electron chi connectivity index (χ2n) is 5.51. The average molecular weight is 310 g/mol. The maximum absolute atomic E-state index is 4.29. The molecule has 6 heteroatoms. The van der Waals surface area contributed by atoms with Crippen molar-refractivity contribution in [3.05, 3.63) is 59.7 Å². The Morgan fingerprint density at radius 1 is 0.652 bits per heavy atom. The largest absolute Gasteiger partial charge is 0.285 e. The van der Waals surface area contributed by atoms with Crippen LogP contribution in [0.25, 0.3) is 0 Å². The maximum Gasteiger partial charge on any atom is 0.0909 e. The molecule has 6 nitrogen and oxygen atoms in total. The molecule has 0 aliphatic carbocycles. The first-order valence-corrected chi connectivity index (χ1v) is 7.40. The number of rotatable bonds is 6. The third-order valence-corrected chi connectivity index (χ3v) is 3.03. The van der Waals surface area contributed by atoms with Gasteiger partial charge in [-0.05, 0) is 23.3 Å². The van der Waals surface area contributed by atoms with Gasteiger partial charge in [0.05, 0.1) is 11.4 Å². The van der Waals surface area contributed by atoms with E-state index in [4.69, 9.17) is 0 Å². The quantitative estimate of drug-likeness (QED) is 0.586. The van der Waals surface area contributed by atoms with Crippen LogP contribution in [0.4, 0.5) is 11.4 Å². The van der Waals surface area contributed by atoms with Gasteiger partial charge < -0.3 is 0 Å². The Bertz CT molecular complexity index is 631. The zero-order chi connectivity index (χ0) is 16.7. The third-order valence-electron chi connectivity index (χ3n) is 3.03. The van der Waals surface area contributed by atoms with Crippen molar-refractivity contribution in [3.8, 4) is 0 Å². The average Bonchev–Trinajstić information content (AvgIpc) is 2.53. The van der Waals surface area contributed by atoms with Crippen molar-refractivity contribution in [1.29, 1.82) is 0 Å². The summed E-state index contributed by atoms with van der Waals surface area (Å²) in [5.74, 6) is 0. The molecule has 0 aromatic heterocycles. The molecule has 0 saturated carbocycles. The molecule has 0 spiro atoms. The van der Waals surface area contributed by atoms with Crippen molar-refractivity contribution in [2.24, 2.45) is 20.7 Å². The van der Waals surface area contributed by atoms with E-state index in [2.05, 4.69) is 32.8 Å². The van der Waals surface area contributed by atoms with Crippen LogP contribution >= 0.6 is 0 Å². The van der Waals surface area contributed by atoms with Crippen LogP contribution in [-0.4, -0.2) is 38.2 Å². The summed E-state index contributed by atoms with van der Waals surface area (Å²) in [5, 5.41) is 20.1. The number of hydrogen-bond donors (Lipinski definition) is 0. The van der Waals surface area contributed by atoms with E-state index in [1.807, 2.05) is 64.6 Å². The highest BCUT2D eigenvalue weighted by Crippen LogP contribution is 2.27. The summed E-state index contributed by atoms with van der Waals surface area (Å²) in [5.41, 5.74) is 3.93. The molecule has 0 radical (unpaired) electrons. The molecule has 0 saturated heterocycles. The van der Waals surface area contributed by atoms with E-state index in [1.54, 1.807) is 10.0 Å². The van der Waals surface area contributed by atoms with Crippen LogP contribution in [0.15, 0.2) is 69.2 Å². The smallest absolute Gasteiger partial charge is 0.0909 e. The lowest BCUT2D eigenvalue weighted by atomic mass is 10.0. The summed E-state index contributed by atoms with van der Waals surface area (Å²) in [6.07, 6.45) is 0.727. The van der Waals surface area contributed by atoms with Crippen LogP contribution in [0.1, 0.15) is 11.1 Å². The van der Waals surface area contributed by atoms with Gasteiger partial charge in [0.25, 0.3) is 0 Å². The fraction of sp³-hybridized carbons (Fsp3) is 0.294. The zero-order valence-corrected chi connectivity index (χ0v) is 14.0. The fourth-order valence-corrected chi connectivity index (χ4v) is 2.00. The van der Waals surface area contributed by atoms with Crippen molar-refractivity contribution in [3.63, 3.8) is 0 Å².